The summed E-state index contributed by atoms with van der Waals surface area (Å²) < 4.78 is 0. The number of benzene rings is 2. The first-order valence-corrected chi connectivity index (χ1v) is 8.94. The Morgan fingerprint density at radius 3 is 2.38 bits per heavy atom. The SMILES string of the molecule is CCCN(CC(=O)Nc1ccc(Cl)cc1Cl)Cc1ccc(C(=O)O)cc1. The van der Waals surface area contributed by atoms with Gasteiger partial charge in [0.05, 0.1) is 22.8 Å². The molecule has 0 radical (unpaired) electrons. The highest BCUT2D eigenvalue weighted by Crippen LogP contribution is 2.25. The smallest absolute Gasteiger partial charge is 0.335 e. The molecule has 0 aliphatic rings. The molecule has 0 fully saturated rings. The molecule has 2 rings (SSSR count). The van der Waals surface area contributed by atoms with E-state index in [0.717, 1.165) is 18.5 Å². The topological polar surface area (TPSA) is 69.6 Å². The van der Waals surface area contributed by atoms with Crippen LogP contribution in [0.4, 0.5) is 5.69 Å². The summed E-state index contributed by atoms with van der Waals surface area (Å²) in [5.74, 6) is -1.13. The number of nitrogens with one attached hydrogen (secondary N) is 1. The number of halogens is 2. The van der Waals surface area contributed by atoms with Crippen molar-refractivity contribution in [2.45, 2.75) is 19.9 Å². The van der Waals surface area contributed by atoms with Gasteiger partial charge in [0.15, 0.2) is 0 Å². The Labute approximate surface area is 162 Å². The molecule has 26 heavy (non-hydrogen) atoms. The van der Waals surface area contributed by atoms with E-state index in [1.54, 1.807) is 42.5 Å². The fourth-order valence-corrected chi connectivity index (χ4v) is 2.98. The average Bonchev–Trinajstić information content (AvgIpc) is 2.58. The molecule has 0 aliphatic carbocycles. The van der Waals surface area contributed by atoms with Crippen LogP contribution in [0.25, 0.3) is 0 Å². The van der Waals surface area contributed by atoms with Crippen LogP contribution in [0.15, 0.2) is 42.5 Å². The number of carbonyl (C=O) groups excluding carboxylic acids is 1. The standard InChI is InChI=1S/C19H20Cl2N2O3/c1-2-9-23(11-13-3-5-14(6-4-13)19(25)26)12-18(24)22-17-8-7-15(20)10-16(17)21/h3-8,10H,2,9,11-12H2,1H3,(H,22,24)(H,25,26). The van der Waals surface area contributed by atoms with E-state index >= 15 is 0 Å². The van der Waals surface area contributed by atoms with Gasteiger partial charge in [0.2, 0.25) is 5.91 Å². The molecule has 0 saturated heterocycles. The highest BCUT2D eigenvalue weighted by atomic mass is 35.5. The lowest BCUT2D eigenvalue weighted by atomic mass is 10.1. The van der Waals surface area contributed by atoms with Crippen molar-refractivity contribution in [1.29, 1.82) is 0 Å². The van der Waals surface area contributed by atoms with E-state index in [4.69, 9.17) is 28.3 Å². The van der Waals surface area contributed by atoms with Crippen LogP contribution in [0.1, 0.15) is 29.3 Å². The van der Waals surface area contributed by atoms with Gasteiger partial charge in [-0.2, -0.15) is 0 Å². The van der Waals surface area contributed by atoms with Crippen LogP contribution >= 0.6 is 23.2 Å². The molecule has 0 bridgehead atoms. The molecule has 0 atom stereocenters. The predicted molar refractivity (Wildman–Crippen MR) is 104 cm³/mol. The van der Waals surface area contributed by atoms with E-state index in [2.05, 4.69) is 5.32 Å². The number of nitrogens with zero attached hydrogens (tertiary/aromatic N) is 1. The number of carboxylic acid groups (broad SMARTS) is 1. The van der Waals surface area contributed by atoms with E-state index in [-0.39, 0.29) is 18.0 Å². The van der Waals surface area contributed by atoms with Gasteiger partial charge in [0.1, 0.15) is 0 Å². The van der Waals surface area contributed by atoms with E-state index in [0.29, 0.717) is 22.3 Å². The second-order valence-corrected chi connectivity index (χ2v) is 6.73. The normalized spacial score (nSPS) is 10.8. The summed E-state index contributed by atoms with van der Waals surface area (Å²) in [5, 5.41) is 12.6. The van der Waals surface area contributed by atoms with Gasteiger partial charge in [-0.25, -0.2) is 4.79 Å². The summed E-state index contributed by atoms with van der Waals surface area (Å²) in [6.45, 7) is 3.53. The van der Waals surface area contributed by atoms with Gasteiger partial charge in [-0.15, -0.1) is 0 Å². The number of aromatic carboxylic acids is 1. The largest absolute Gasteiger partial charge is 0.478 e. The van der Waals surface area contributed by atoms with Gasteiger partial charge in [-0.05, 0) is 48.9 Å². The Morgan fingerprint density at radius 1 is 1.12 bits per heavy atom. The molecule has 0 saturated carbocycles. The summed E-state index contributed by atoms with van der Waals surface area (Å²) in [7, 11) is 0. The number of rotatable bonds is 8. The second kappa shape index (κ2) is 9.57. The van der Waals surface area contributed by atoms with Crippen molar-refractivity contribution in [3.63, 3.8) is 0 Å². The monoisotopic (exact) mass is 394 g/mol. The first kappa shape index (κ1) is 20.2. The molecule has 2 aromatic rings. The summed E-state index contributed by atoms with van der Waals surface area (Å²) in [5.41, 5.74) is 1.70. The molecule has 0 spiro atoms. The Kier molecular flexibility index (Phi) is 7.45. The third-order valence-corrected chi connectivity index (χ3v) is 4.27. The van der Waals surface area contributed by atoms with Gasteiger partial charge in [0.25, 0.3) is 0 Å². The molecule has 0 aromatic heterocycles. The van der Waals surface area contributed by atoms with Crippen molar-refractivity contribution in [2.75, 3.05) is 18.4 Å². The van der Waals surface area contributed by atoms with E-state index < -0.39 is 5.97 Å². The number of anilines is 1. The minimum Gasteiger partial charge on any atom is -0.478 e. The molecule has 1 amide bonds. The maximum atomic E-state index is 12.3. The molecule has 0 unspecified atom stereocenters. The van der Waals surface area contributed by atoms with E-state index in [1.165, 1.54) is 0 Å². The minimum absolute atomic E-state index is 0.176. The second-order valence-electron chi connectivity index (χ2n) is 5.89. The molecule has 7 heteroatoms. The number of hydrogen-bond donors (Lipinski definition) is 2. The van der Waals surface area contributed by atoms with Gasteiger partial charge < -0.3 is 10.4 Å². The predicted octanol–water partition coefficient (Wildman–Crippen LogP) is 4.54. The third-order valence-electron chi connectivity index (χ3n) is 3.72. The Hall–Kier alpha value is -2.08. The molecular formula is C19H20Cl2N2O3. The van der Waals surface area contributed by atoms with Crippen molar-refractivity contribution in [1.82, 2.24) is 4.90 Å². The Bertz CT molecular complexity index is 779. The fraction of sp³-hybridized carbons (Fsp3) is 0.263. The zero-order chi connectivity index (χ0) is 19.1. The van der Waals surface area contributed by atoms with Crippen molar-refractivity contribution >= 4 is 40.8 Å². The van der Waals surface area contributed by atoms with Gasteiger partial charge in [0, 0.05) is 11.6 Å². The summed E-state index contributed by atoms with van der Waals surface area (Å²) in [4.78, 5) is 25.3. The van der Waals surface area contributed by atoms with Gasteiger partial charge in [-0.1, -0.05) is 42.3 Å². The molecule has 2 aromatic carbocycles. The molecule has 2 N–H and O–H groups in total. The average molecular weight is 395 g/mol. The number of hydrogen-bond acceptors (Lipinski definition) is 3. The van der Waals surface area contributed by atoms with Crippen LogP contribution in [0, 0.1) is 0 Å². The maximum absolute atomic E-state index is 12.3. The number of amides is 1. The lowest BCUT2D eigenvalue weighted by Crippen LogP contribution is -2.33. The van der Waals surface area contributed by atoms with Crippen LogP contribution < -0.4 is 5.32 Å². The Balaban J connectivity index is 2.00. The quantitative estimate of drug-likeness (QED) is 0.689. The van der Waals surface area contributed by atoms with Crippen LogP contribution in [0.3, 0.4) is 0 Å². The molecule has 138 valence electrons. The highest BCUT2D eigenvalue weighted by molar-refractivity contribution is 6.36. The summed E-state index contributed by atoms with van der Waals surface area (Å²) in [6.07, 6.45) is 0.891. The van der Waals surface area contributed by atoms with Crippen molar-refractivity contribution in [2.24, 2.45) is 0 Å². The van der Waals surface area contributed by atoms with Crippen molar-refractivity contribution in [3.8, 4) is 0 Å². The third kappa shape index (κ3) is 6.02. The van der Waals surface area contributed by atoms with Crippen molar-refractivity contribution < 1.29 is 14.7 Å². The first-order valence-electron chi connectivity index (χ1n) is 8.18. The lowest BCUT2D eigenvalue weighted by Gasteiger charge is -2.21. The first-order chi connectivity index (χ1) is 12.4. The van der Waals surface area contributed by atoms with E-state index in [1.807, 2.05) is 11.8 Å². The Morgan fingerprint density at radius 2 is 1.81 bits per heavy atom. The van der Waals surface area contributed by atoms with Crippen LogP contribution in [-0.4, -0.2) is 35.0 Å². The van der Waals surface area contributed by atoms with Gasteiger partial charge in [-0.3, -0.25) is 9.69 Å². The molecule has 0 aliphatic heterocycles. The van der Waals surface area contributed by atoms with Crippen LogP contribution in [0.2, 0.25) is 10.0 Å². The number of carboxylic acids is 1. The molecule has 0 heterocycles. The molecular weight excluding hydrogens is 375 g/mol. The zero-order valence-corrected chi connectivity index (χ0v) is 15.8. The van der Waals surface area contributed by atoms with Crippen LogP contribution in [0.5, 0.6) is 0 Å². The van der Waals surface area contributed by atoms with Crippen molar-refractivity contribution in [3.05, 3.63) is 63.6 Å². The lowest BCUT2D eigenvalue weighted by molar-refractivity contribution is -0.117. The fourth-order valence-electron chi connectivity index (χ4n) is 2.52. The van der Waals surface area contributed by atoms with Gasteiger partial charge >= 0.3 is 5.97 Å². The minimum atomic E-state index is -0.957. The zero-order valence-electron chi connectivity index (χ0n) is 14.3. The molecule has 5 nitrogen and oxygen atoms in total. The van der Waals surface area contributed by atoms with E-state index in [9.17, 15) is 9.59 Å². The highest BCUT2D eigenvalue weighted by Gasteiger charge is 2.13. The van der Waals surface area contributed by atoms with Crippen LogP contribution in [-0.2, 0) is 11.3 Å². The summed E-state index contributed by atoms with van der Waals surface area (Å²) >= 11 is 11.9. The number of carbonyl (C=O) groups is 2. The summed E-state index contributed by atoms with van der Waals surface area (Å²) in [6, 6.07) is 11.6. The maximum Gasteiger partial charge on any atom is 0.335 e.